The van der Waals surface area contributed by atoms with Crippen molar-refractivity contribution < 1.29 is 15.8 Å². The molecule has 1 atom stereocenters. The van der Waals surface area contributed by atoms with E-state index < -0.39 is 21.8 Å². The van der Waals surface area contributed by atoms with E-state index in [1.54, 1.807) is 0 Å². The van der Waals surface area contributed by atoms with E-state index in [-0.39, 0.29) is 9.16 Å². The third-order valence-electron chi connectivity index (χ3n) is 5.31. The predicted molar refractivity (Wildman–Crippen MR) is 125 cm³/mol. The van der Waals surface area contributed by atoms with Crippen molar-refractivity contribution >= 4 is 50.5 Å². The number of benzene rings is 2. The summed E-state index contributed by atoms with van der Waals surface area (Å²) in [6.07, 6.45) is 2.29. The average molecular weight is 564 g/mol. The van der Waals surface area contributed by atoms with Crippen molar-refractivity contribution in [2.75, 3.05) is 0 Å². The Morgan fingerprint density at radius 2 is 1.59 bits per heavy atom. The summed E-state index contributed by atoms with van der Waals surface area (Å²) >= 11 is -0.857. The molecule has 0 saturated carbocycles. The summed E-state index contributed by atoms with van der Waals surface area (Å²) in [6.45, 7) is 11.1. The van der Waals surface area contributed by atoms with E-state index in [2.05, 4.69) is 108 Å². The summed E-state index contributed by atoms with van der Waals surface area (Å²) in [6, 6.07) is 17.1. The molecule has 0 spiro atoms. The van der Waals surface area contributed by atoms with Crippen LogP contribution in [0.1, 0.15) is 41.1 Å². The first-order valence-electron chi connectivity index (χ1n) is 9.35. The van der Waals surface area contributed by atoms with Gasteiger partial charge in [0.15, 0.2) is 0 Å². The van der Waals surface area contributed by atoms with E-state index >= 15 is 0 Å². The fourth-order valence-corrected chi connectivity index (χ4v) is 31.1. The van der Waals surface area contributed by atoms with Gasteiger partial charge in [-0.2, -0.15) is 0 Å². The van der Waals surface area contributed by atoms with Crippen molar-refractivity contribution in [1.29, 1.82) is 0 Å². The SMILES string of the molecule is C[SiH](C)[Zr]([Cl])([Cl])([NH]C(C)(C)C)[CH]1C(c2ccc(Br)cc2)=Cc2ccccc21. The Labute approximate surface area is 180 Å². The molecule has 2 aromatic carbocycles. The topological polar surface area (TPSA) is 12.0 Å². The van der Waals surface area contributed by atoms with Crippen molar-refractivity contribution in [3.63, 3.8) is 0 Å². The first-order valence-corrected chi connectivity index (χ1v) is 26.3. The van der Waals surface area contributed by atoms with Crippen LogP contribution in [-0.2, 0) is 15.8 Å². The second-order valence-electron chi connectivity index (χ2n) is 8.85. The number of allylic oxidation sites excluding steroid dienone is 1. The van der Waals surface area contributed by atoms with Crippen LogP contribution < -0.4 is 3.26 Å². The van der Waals surface area contributed by atoms with Gasteiger partial charge >= 0.3 is 182 Å². The molecule has 0 aliphatic heterocycles. The van der Waals surface area contributed by atoms with E-state index in [1.165, 1.54) is 22.3 Å². The molecule has 1 aliphatic carbocycles. The maximum atomic E-state index is 7.70. The van der Waals surface area contributed by atoms with Crippen molar-refractivity contribution in [2.45, 2.75) is 43.0 Å². The van der Waals surface area contributed by atoms with Gasteiger partial charge in [0.1, 0.15) is 0 Å². The number of nitrogens with one attached hydrogen (secondary N) is 1. The van der Waals surface area contributed by atoms with Gasteiger partial charge in [0.25, 0.3) is 0 Å². The fourth-order valence-electron chi connectivity index (χ4n) is 4.05. The summed E-state index contributed by atoms with van der Waals surface area (Å²) in [5.74, 6) is -1.42. The van der Waals surface area contributed by atoms with Gasteiger partial charge in [0.2, 0.25) is 0 Å². The predicted octanol–water partition coefficient (Wildman–Crippen LogP) is 7.33. The summed E-state index contributed by atoms with van der Waals surface area (Å²) in [7, 11) is 15.4. The standard InChI is InChI=1S/C15H10Br.C4H10N.C2H7Si.2ClH.Zr/c16-15-7-5-11(6-8-15)14-9-12-3-1-2-4-13(12)10-14;1-4(2,3)5;1-3-2;;;/h1-10H;5H,1-3H3;3H,1-2H3;2*1H;/q;-1;;;;+3/p-2. The first kappa shape index (κ1) is 22.0. The molecular weight excluding hydrogens is 536 g/mol. The molecule has 1 nitrogen and oxygen atoms in total. The molecule has 145 valence electrons. The van der Waals surface area contributed by atoms with Gasteiger partial charge in [-0.05, 0) is 0 Å². The molecule has 6 heteroatoms. The van der Waals surface area contributed by atoms with Crippen LogP contribution in [-0.4, -0.2) is 11.5 Å². The van der Waals surface area contributed by atoms with Crippen molar-refractivity contribution in [1.82, 2.24) is 3.26 Å². The third kappa shape index (κ3) is 4.27. The van der Waals surface area contributed by atoms with Crippen LogP contribution in [0.15, 0.2) is 53.0 Å². The van der Waals surface area contributed by atoms with E-state index in [1.807, 2.05) is 0 Å². The van der Waals surface area contributed by atoms with Gasteiger partial charge in [-0.1, -0.05) is 0 Å². The van der Waals surface area contributed by atoms with Gasteiger partial charge in [-0.15, -0.1) is 0 Å². The second kappa shape index (κ2) is 7.52. The average Bonchev–Trinajstić information content (AvgIpc) is 2.94. The van der Waals surface area contributed by atoms with Gasteiger partial charge in [-0.25, -0.2) is 0 Å². The van der Waals surface area contributed by atoms with Crippen molar-refractivity contribution in [3.8, 4) is 0 Å². The van der Waals surface area contributed by atoms with Crippen molar-refractivity contribution in [2.24, 2.45) is 0 Å². The quantitative estimate of drug-likeness (QED) is 0.384. The molecule has 0 saturated heterocycles. The Kier molecular flexibility index (Phi) is 6.13. The molecular formula is C21H27BrCl2NSiZr. The van der Waals surface area contributed by atoms with Crippen LogP contribution in [0.2, 0.25) is 13.1 Å². The molecule has 3 rings (SSSR count). The molecule has 0 fully saturated rings. The van der Waals surface area contributed by atoms with Gasteiger partial charge in [0.05, 0.1) is 0 Å². The maximum absolute atomic E-state index is 7.70. The number of hydrogen-bond acceptors (Lipinski definition) is 1. The van der Waals surface area contributed by atoms with Crippen LogP contribution in [0.5, 0.6) is 0 Å². The minimum absolute atomic E-state index is 0.0676. The molecule has 1 unspecified atom stereocenters. The van der Waals surface area contributed by atoms with Crippen LogP contribution in [0, 0.1) is 0 Å². The van der Waals surface area contributed by atoms with Gasteiger partial charge < -0.3 is 0 Å². The molecule has 0 radical (unpaired) electrons. The van der Waals surface area contributed by atoms with E-state index in [0.29, 0.717) is 0 Å². The molecule has 0 amide bonds. The Balaban J connectivity index is 2.25. The molecule has 1 aliphatic rings. The van der Waals surface area contributed by atoms with E-state index in [9.17, 15) is 0 Å². The summed E-state index contributed by atoms with van der Waals surface area (Å²) in [5, 5.41) is 0. The van der Waals surface area contributed by atoms with Crippen LogP contribution in [0.25, 0.3) is 11.6 Å². The fraction of sp³-hybridized carbons (Fsp3) is 0.333. The summed E-state index contributed by atoms with van der Waals surface area (Å²) in [4.78, 5) is 0. The Morgan fingerprint density at radius 1 is 1.00 bits per heavy atom. The molecule has 0 heterocycles. The van der Waals surface area contributed by atoms with Crippen molar-refractivity contribution in [3.05, 3.63) is 69.7 Å². The second-order valence-corrected chi connectivity index (χ2v) is 50.5. The minimum atomic E-state index is -4.40. The molecule has 2 aromatic rings. The zero-order chi connectivity index (χ0) is 20.1. The molecule has 1 N–H and O–H groups in total. The summed E-state index contributed by atoms with van der Waals surface area (Å²) < 4.78 is 5.00. The van der Waals surface area contributed by atoms with Crippen LogP contribution >= 0.6 is 33.0 Å². The third-order valence-corrected chi connectivity index (χ3v) is 52.7. The number of rotatable bonds is 4. The number of fused-ring (bicyclic) bond motifs is 1. The normalized spacial score (nSPS) is 18.8. The van der Waals surface area contributed by atoms with E-state index in [0.717, 1.165) is 4.47 Å². The van der Waals surface area contributed by atoms with Gasteiger partial charge in [0, 0.05) is 0 Å². The molecule has 27 heavy (non-hydrogen) atoms. The Hall–Kier alpha value is 0.300. The monoisotopic (exact) mass is 560 g/mol. The Bertz CT molecular complexity index is 888. The van der Waals surface area contributed by atoms with Crippen LogP contribution in [0.4, 0.5) is 0 Å². The molecule has 0 bridgehead atoms. The van der Waals surface area contributed by atoms with E-state index in [4.69, 9.17) is 17.0 Å². The number of hydrogen-bond donors (Lipinski definition) is 1. The number of halogens is 3. The van der Waals surface area contributed by atoms with Crippen LogP contribution in [0.3, 0.4) is 0 Å². The Morgan fingerprint density at radius 3 is 2.15 bits per heavy atom. The zero-order valence-corrected chi connectivity index (χ0v) is 23.2. The first-order chi connectivity index (χ1) is 12.4. The summed E-state index contributed by atoms with van der Waals surface area (Å²) in [5.41, 5.74) is 4.86. The van der Waals surface area contributed by atoms with Gasteiger partial charge in [-0.3, -0.25) is 0 Å². The zero-order valence-electron chi connectivity index (χ0n) is 16.5. The molecule has 0 aromatic heterocycles.